The van der Waals surface area contributed by atoms with Crippen molar-refractivity contribution in [2.45, 2.75) is 39.2 Å². The van der Waals surface area contributed by atoms with Crippen LogP contribution in [-0.4, -0.2) is 55.8 Å². The smallest absolute Gasteiger partial charge is 0.322 e. The van der Waals surface area contributed by atoms with E-state index in [1.165, 1.54) is 0 Å². The van der Waals surface area contributed by atoms with Crippen LogP contribution in [0.15, 0.2) is 24.3 Å². The third kappa shape index (κ3) is 5.62. The quantitative estimate of drug-likeness (QED) is 0.661. The molecule has 1 saturated heterocycles. The van der Waals surface area contributed by atoms with Gasteiger partial charge in [0.25, 0.3) is 0 Å². The van der Waals surface area contributed by atoms with E-state index in [2.05, 4.69) is 10.6 Å². The summed E-state index contributed by atoms with van der Waals surface area (Å²) in [5.41, 5.74) is 0.613. The van der Waals surface area contributed by atoms with E-state index in [0.29, 0.717) is 50.8 Å². The van der Waals surface area contributed by atoms with Gasteiger partial charge in [-0.05, 0) is 45.2 Å². The summed E-state index contributed by atoms with van der Waals surface area (Å²) in [6.07, 6.45) is 2.26. The molecule has 1 aromatic carbocycles. The third-order valence-electron chi connectivity index (χ3n) is 4.21. The van der Waals surface area contributed by atoms with Crippen LogP contribution in [0.3, 0.4) is 0 Å². The molecule has 1 heterocycles. The SMILES string of the molecule is CCOCCCNC(=O)[C@H]1CCCN1C(=O)Nc1ccccc1OCC. The number of carbonyl (C=O) groups is 2. The van der Waals surface area contributed by atoms with E-state index >= 15 is 0 Å². The van der Waals surface area contributed by atoms with Gasteiger partial charge in [-0.1, -0.05) is 12.1 Å². The zero-order valence-electron chi connectivity index (χ0n) is 15.6. The first-order valence-electron chi connectivity index (χ1n) is 9.32. The number of likely N-dealkylation sites (tertiary alicyclic amines) is 1. The molecule has 7 nitrogen and oxygen atoms in total. The molecule has 2 N–H and O–H groups in total. The third-order valence-corrected chi connectivity index (χ3v) is 4.21. The van der Waals surface area contributed by atoms with Crippen LogP contribution in [0.2, 0.25) is 0 Å². The van der Waals surface area contributed by atoms with E-state index < -0.39 is 6.04 Å². The van der Waals surface area contributed by atoms with Crippen LogP contribution in [0.5, 0.6) is 5.75 Å². The van der Waals surface area contributed by atoms with Gasteiger partial charge in [0.15, 0.2) is 0 Å². The van der Waals surface area contributed by atoms with Gasteiger partial charge >= 0.3 is 6.03 Å². The van der Waals surface area contributed by atoms with E-state index in [1.54, 1.807) is 11.0 Å². The minimum atomic E-state index is -0.429. The van der Waals surface area contributed by atoms with Gasteiger partial charge < -0.3 is 25.0 Å². The summed E-state index contributed by atoms with van der Waals surface area (Å²) in [5, 5.41) is 5.77. The number of ether oxygens (including phenoxy) is 2. The Labute approximate surface area is 155 Å². The first kappa shape index (κ1) is 20.0. The number of hydrogen-bond acceptors (Lipinski definition) is 4. The highest BCUT2D eigenvalue weighted by atomic mass is 16.5. The molecule has 1 aliphatic rings. The van der Waals surface area contributed by atoms with Crippen molar-refractivity contribution in [3.05, 3.63) is 24.3 Å². The summed E-state index contributed by atoms with van der Waals surface area (Å²) in [6, 6.07) is 6.60. The summed E-state index contributed by atoms with van der Waals surface area (Å²) in [7, 11) is 0. The van der Waals surface area contributed by atoms with Crippen LogP contribution in [0.1, 0.15) is 33.1 Å². The lowest BCUT2D eigenvalue weighted by atomic mass is 10.2. The van der Waals surface area contributed by atoms with E-state index in [0.717, 1.165) is 12.8 Å². The standard InChI is InChI=1S/C19H29N3O4/c1-3-25-14-8-12-20-18(23)16-10-7-13-22(16)19(24)21-15-9-5-6-11-17(15)26-4-2/h5-6,9,11,16H,3-4,7-8,10,12-14H2,1-2H3,(H,20,23)(H,21,24)/t16-/m1/s1. The van der Waals surface area contributed by atoms with Crippen molar-refractivity contribution in [1.29, 1.82) is 0 Å². The maximum atomic E-state index is 12.7. The molecule has 0 unspecified atom stereocenters. The second-order valence-corrected chi connectivity index (χ2v) is 6.05. The van der Waals surface area contributed by atoms with Crippen molar-refractivity contribution in [3.8, 4) is 5.75 Å². The zero-order chi connectivity index (χ0) is 18.8. The topological polar surface area (TPSA) is 79.9 Å². The number of hydrogen-bond donors (Lipinski definition) is 2. The molecular formula is C19H29N3O4. The maximum absolute atomic E-state index is 12.7. The molecule has 0 aromatic heterocycles. The summed E-state index contributed by atoms with van der Waals surface area (Å²) in [4.78, 5) is 26.7. The summed E-state index contributed by atoms with van der Waals surface area (Å²) < 4.78 is 10.8. The molecule has 0 spiro atoms. The van der Waals surface area contributed by atoms with Crippen molar-refractivity contribution in [1.82, 2.24) is 10.2 Å². The predicted molar refractivity (Wildman–Crippen MR) is 100 cm³/mol. The van der Waals surface area contributed by atoms with Crippen LogP contribution in [0.25, 0.3) is 0 Å². The van der Waals surface area contributed by atoms with E-state index in [-0.39, 0.29) is 11.9 Å². The van der Waals surface area contributed by atoms with Crippen LogP contribution < -0.4 is 15.4 Å². The molecule has 1 aliphatic heterocycles. The second-order valence-electron chi connectivity index (χ2n) is 6.05. The number of rotatable bonds is 9. The van der Waals surface area contributed by atoms with Gasteiger partial charge in [-0.25, -0.2) is 4.79 Å². The molecule has 3 amide bonds. The first-order chi connectivity index (χ1) is 12.7. The second kappa shape index (κ2) is 10.7. The molecule has 0 radical (unpaired) electrons. The number of urea groups is 1. The normalized spacial score (nSPS) is 16.4. The number of benzene rings is 1. The number of amides is 3. The lowest BCUT2D eigenvalue weighted by molar-refractivity contribution is -0.124. The fraction of sp³-hybridized carbons (Fsp3) is 0.579. The number of anilines is 1. The van der Waals surface area contributed by atoms with E-state index in [9.17, 15) is 9.59 Å². The Kier molecular flexibility index (Phi) is 8.21. The zero-order valence-corrected chi connectivity index (χ0v) is 15.6. The van der Waals surface area contributed by atoms with Gasteiger partial charge in [0.1, 0.15) is 11.8 Å². The summed E-state index contributed by atoms with van der Waals surface area (Å²) >= 11 is 0. The molecule has 144 valence electrons. The number of para-hydroxylation sites is 2. The van der Waals surface area contributed by atoms with Crippen LogP contribution in [0, 0.1) is 0 Å². The molecule has 0 aliphatic carbocycles. The Morgan fingerprint density at radius 3 is 2.81 bits per heavy atom. The molecule has 1 atom stereocenters. The average molecular weight is 363 g/mol. The Balaban J connectivity index is 1.90. The fourth-order valence-electron chi connectivity index (χ4n) is 2.97. The van der Waals surface area contributed by atoms with Crippen molar-refractivity contribution < 1.29 is 19.1 Å². The molecule has 26 heavy (non-hydrogen) atoms. The summed E-state index contributed by atoms with van der Waals surface area (Å²) in [5.74, 6) is 0.520. The van der Waals surface area contributed by atoms with Crippen molar-refractivity contribution >= 4 is 17.6 Å². The van der Waals surface area contributed by atoms with Crippen LogP contribution >= 0.6 is 0 Å². The molecule has 1 fully saturated rings. The van der Waals surface area contributed by atoms with Gasteiger partial charge in [-0.3, -0.25) is 4.79 Å². The fourth-order valence-corrected chi connectivity index (χ4v) is 2.97. The molecule has 0 bridgehead atoms. The number of nitrogens with one attached hydrogen (secondary N) is 2. The highest BCUT2D eigenvalue weighted by Gasteiger charge is 2.34. The van der Waals surface area contributed by atoms with Crippen LogP contribution in [-0.2, 0) is 9.53 Å². The molecule has 2 rings (SSSR count). The Morgan fingerprint density at radius 2 is 2.04 bits per heavy atom. The predicted octanol–water partition coefficient (Wildman–Crippen LogP) is 2.62. The van der Waals surface area contributed by atoms with E-state index in [1.807, 2.05) is 32.0 Å². The van der Waals surface area contributed by atoms with Gasteiger partial charge in [0.2, 0.25) is 5.91 Å². The van der Waals surface area contributed by atoms with Gasteiger partial charge in [-0.15, -0.1) is 0 Å². The number of nitrogens with zero attached hydrogens (tertiary/aromatic N) is 1. The largest absolute Gasteiger partial charge is 0.492 e. The van der Waals surface area contributed by atoms with Gasteiger partial charge in [0, 0.05) is 26.3 Å². The minimum absolute atomic E-state index is 0.104. The summed E-state index contributed by atoms with van der Waals surface area (Å²) in [6.45, 7) is 6.77. The first-order valence-corrected chi connectivity index (χ1v) is 9.32. The van der Waals surface area contributed by atoms with E-state index in [4.69, 9.17) is 9.47 Å². The highest BCUT2D eigenvalue weighted by molar-refractivity contribution is 5.95. The molecular weight excluding hydrogens is 334 g/mol. The number of carbonyl (C=O) groups excluding carboxylic acids is 2. The van der Waals surface area contributed by atoms with Crippen molar-refractivity contribution in [2.24, 2.45) is 0 Å². The minimum Gasteiger partial charge on any atom is -0.492 e. The van der Waals surface area contributed by atoms with Crippen molar-refractivity contribution in [3.63, 3.8) is 0 Å². The lowest BCUT2D eigenvalue weighted by Crippen LogP contribution is -2.47. The van der Waals surface area contributed by atoms with Gasteiger partial charge in [-0.2, -0.15) is 0 Å². The Morgan fingerprint density at radius 1 is 1.23 bits per heavy atom. The lowest BCUT2D eigenvalue weighted by Gasteiger charge is -2.24. The average Bonchev–Trinajstić information content (AvgIpc) is 3.13. The molecule has 1 aromatic rings. The van der Waals surface area contributed by atoms with Crippen molar-refractivity contribution in [2.75, 3.05) is 38.2 Å². The Bertz CT molecular complexity index is 594. The van der Waals surface area contributed by atoms with Crippen LogP contribution in [0.4, 0.5) is 10.5 Å². The molecule has 7 heteroatoms. The molecule has 0 saturated carbocycles. The Hall–Kier alpha value is -2.28. The maximum Gasteiger partial charge on any atom is 0.322 e. The monoisotopic (exact) mass is 363 g/mol. The van der Waals surface area contributed by atoms with Gasteiger partial charge in [0.05, 0.1) is 12.3 Å². The highest BCUT2D eigenvalue weighted by Crippen LogP contribution is 2.25.